The maximum absolute atomic E-state index is 12.2. The number of ether oxygens (including phenoxy) is 1. The lowest BCUT2D eigenvalue weighted by molar-refractivity contribution is -0.128. The van der Waals surface area contributed by atoms with Gasteiger partial charge in [0.2, 0.25) is 0 Å². The van der Waals surface area contributed by atoms with Crippen LogP contribution in [0.5, 0.6) is 5.75 Å². The zero-order valence-corrected chi connectivity index (χ0v) is 12.8. The SMILES string of the molecule is CCC(Oc1ccccc1Cl)C(=O)NCC1CNCC1O. The highest BCUT2D eigenvalue weighted by molar-refractivity contribution is 6.32. The molecule has 5 nitrogen and oxygen atoms in total. The number of benzene rings is 1. The number of nitrogens with one attached hydrogen (secondary N) is 2. The van der Waals surface area contributed by atoms with E-state index in [1.165, 1.54) is 0 Å². The summed E-state index contributed by atoms with van der Waals surface area (Å²) in [6.07, 6.45) is -0.450. The number of carbonyl (C=O) groups excluding carboxylic acids is 1. The summed E-state index contributed by atoms with van der Waals surface area (Å²) in [5.74, 6) is 0.368. The molecule has 1 aliphatic heterocycles. The fourth-order valence-electron chi connectivity index (χ4n) is 2.29. The molecule has 0 spiro atoms. The molecule has 0 bridgehead atoms. The first kappa shape index (κ1) is 16.1. The molecule has 3 N–H and O–H groups in total. The van der Waals surface area contributed by atoms with E-state index in [4.69, 9.17) is 16.3 Å². The maximum atomic E-state index is 12.2. The van der Waals surface area contributed by atoms with Gasteiger partial charge in [-0.15, -0.1) is 0 Å². The van der Waals surface area contributed by atoms with Gasteiger partial charge >= 0.3 is 0 Å². The molecule has 1 aromatic carbocycles. The average molecular weight is 313 g/mol. The van der Waals surface area contributed by atoms with Crippen LogP contribution in [0.3, 0.4) is 0 Å². The monoisotopic (exact) mass is 312 g/mol. The molecule has 1 aliphatic rings. The summed E-state index contributed by atoms with van der Waals surface area (Å²) in [4.78, 5) is 12.2. The van der Waals surface area contributed by atoms with Gasteiger partial charge in [0.1, 0.15) is 5.75 Å². The van der Waals surface area contributed by atoms with E-state index in [9.17, 15) is 9.90 Å². The van der Waals surface area contributed by atoms with E-state index >= 15 is 0 Å². The van der Waals surface area contributed by atoms with Crippen molar-refractivity contribution in [2.75, 3.05) is 19.6 Å². The maximum Gasteiger partial charge on any atom is 0.261 e. The third-order valence-electron chi connectivity index (χ3n) is 3.61. The van der Waals surface area contributed by atoms with Gasteiger partial charge in [-0.2, -0.15) is 0 Å². The van der Waals surface area contributed by atoms with Crippen LogP contribution in [0.4, 0.5) is 0 Å². The van der Waals surface area contributed by atoms with Gasteiger partial charge < -0.3 is 20.5 Å². The Bertz CT molecular complexity index is 484. The number of aliphatic hydroxyl groups excluding tert-OH is 1. The second-order valence-corrected chi connectivity index (χ2v) is 5.58. The van der Waals surface area contributed by atoms with Crippen LogP contribution in [0.1, 0.15) is 13.3 Å². The number of aliphatic hydroxyl groups is 1. The average Bonchev–Trinajstić information content (AvgIpc) is 2.89. The van der Waals surface area contributed by atoms with Crippen molar-refractivity contribution >= 4 is 17.5 Å². The third-order valence-corrected chi connectivity index (χ3v) is 3.92. The first-order chi connectivity index (χ1) is 10.1. The predicted molar refractivity (Wildman–Crippen MR) is 81.5 cm³/mol. The molecular weight excluding hydrogens is 292 g/mol. The minimum absolute atomic E-state index is 0.0479. The highest BCUT2D eigenvalue weighted by atomic mass is 35.5. The molecule has 21 heavy (non-hydrogen) atoms. The molecule has 6 heteroatoms. The van der Waals surface area contributed by atoms with E-state index in [0.717, 1.165) is 0 Å². The van der Waals surface area contributed by atoms with E-state index in [1.54, 1.807) is 12.1 Å². The molecule has 1 aromatic rings. The second kappa shape index (κ2) is 7.64. The first-order valence-electron chi connectivity index (χ1n) is 7.19. The highest BCUT2D eigenvalue weighted by Gasteiger charge is 2.26. The summed E-state index contributed by atoms with van der Waals surface area (Å²) in [5.41, 5.74) is 0. The molecule has 1 fully saturated rings. The van der Waals surface area contributed by atoms with Gasteiger partial charge in [-0.25, -0.2) is 0 Å². The molecule has 0 aliphatic carbocycles. The Morgan fingerprint density at radius 2 is 2.29 bits per heavy atom. The van der Waals surface area contributed by atoms with Crippen LogP contribution in [-0.4, -0.2) is 42.9 Å². The largest absolute Gasteiger partial charge is 0.479 e. The van der Waals surface area contributed by atoms with Crippen molar-refractivity contribution in [2.45, 2.75) is 25.6 Å². The summed E-state index contributed by atoms with van der Waals surface area (Å²) in [5, 5.41) is 16.1. The van der Waals surface area contributed by atoms with Crippen LogP contribution in [0.15, 0.2) is 24.3 Å². The molecule has 1 saturated heterocycles. The summed E-state index contributed by atoms with van der Waals surface area (Å²) in [6.45, 7) is 3.61. The fraction of sp³-hybridized carbons (Fsp3) is 0.533. The van der Waals surface area contributed by atoms with E-state index in [-0.39, 0.29) is 11.8 Å². The summed E-state index contributed by atoms with van der Waals surface area (Å²) in [7, 11) is 0. The Labute approximate surface area is 129 Å². The number of rotatable bonds is 6. The van der Waals surface area contributed by atoms with Gasteiger partial charge in [-0.05, 0) is 18.6 Å². The number of β-amino-alcohol motifs (C(OH)–C–C–N with tert-alkyl or cyclic N) is 1. The number of halogens is 1. The minimum Gasteiger partial charge on any atom is -0.479 e. The molecule has 116 valence electrons. The van der Waals surface area contributed by atoms with Crippen molar-refractivity contribution in [1.82, 2.24) is 10.6 Å². The van der Waals surface area contributed by atoms with Crippen molar-refractivity contribution in [3.05, 3.63) is 29.3 Å². The Hall–Kier alpha value is -1.30. The Morgan fingerprint density at radius 1 is 1.52 bits per heavy atom. The van der Waals surface area contributed by atoms with E-state index in [1.807, 2.05) is 19.1 Å². The lowest BCUT2D eigenvalue weighted by atomic mass is 10.1. The van der Waals surface area contributed by atoms with Gasteiger partial charge in [-0.1, -0.05) is 30.7 Å². The molecule has 1 amide bonds. The van der Waals surface area contributed by atoms with Gasteiger partial charge in [-0.3, -0.25) is 4.79 Å². The third kappa shape index (κ3) is 4.33. The van der Waals surface area contributed by atoms with E-state index in [0.29, 0.717) is 36.8 Å². The fourth-order valence-corrected chi connectivity index (χ4v) is 2.47. The summed E-state index contributed by atoms with van der Waals surface area (Å²) >= 11 is 6.03. The number of carbonyl (C=O) groups is 1. The lowest BCUT2D eigenvalue weighted by Gasteiger charge is -2.20. The van der Waals surface area contributed by atoms with Crippen LogP contribution < -0.4 is 15.4 Å². The Kier molecular flexibility index (Phi) is 5.85. The van der Waals surface area contributed by atoms with Crippen LogP contribution in [0.25, 0.3) is 0 Å². The van der Waals surface area contributed by atoms with E-state index < -0.39 is 12.2 Å². The van der Waals surface area contributed by atoms with Crippen molar-refractivity contribution in [1.29, 1.82) is 0 Å². The summed E-state index contributed by atoms with van der Waals surface area (Å²) in [6, 6.07) is 7.09. The molecule has 0 aromatic heterocycles. The quantitative estimate of drug-likeness (QED) is 0.738. The van der Waals surface area contributed by atoms with Crippen molar-refractivity contribution in [3.8, 4) is 5.75 Å². The van der Waals surface area contributed by atoms with Gasteiger partial charge in [0.05, 0.1) is 11.1 Å². The summed E-state index contributed by atoms with van der Waals surface area (Å²) < 4.78 is 5.68. The molecule has 3 atom stereocenters. The lowest BCUT2D eigenvalue weighted by Crippen LogP contribution is -2.42. The zero-order chi connectivity index (χ0) is 15.2. The molecule has 1 heterocycles. The molecule has 0 radical (unpaired) electrons. The van der Waals surface area contributed by atoms with Crippen molar-refractivity contribution in [2.24, 2.45) is 5.92 Å². The topological polar surface area (TPSA) is 70.6 Å². The number of hydrogen-bond acceptors (Lipinski definition) is 4. The number of para-hydroxylation sites is 1. The van der Waals surface area contributed by atoms with Crippen molar-refractivity contribution in [3.63, 3.8) is 0 Å². The molecule has 0 saturated carbocycles. The molecule has 3 unspecified atom stereocenters. The van der Waals surface area contributed by atoms with Gasteiger partial charge in [0.15, 0.2) is 6.10 Å². The second-order valence-electron chi connectivity index (χ2n) is 5.18. The van der Waals surface area contributed by atoms with Crippen LogP contribution in [-0.2, 0) is 4.79 Å². The van der Waals surface area contributed by atoms with Crippen LogP contribution >= 0.6 is 11.6 Å². The Morgan fingerprint density at radius 3 is 2.90 bits per heavy atom. The van der Waals surface area contributed by atoms with Crippen molar-refractivity contribution < 1.29 is 14.6 Å². The zero-order valence-electron chi connectivity index (χ0n) is 12.0. The van der Waals surface area contributed by atoms with E-state index in [2.05, 4.69) is 10.6 Å². The normalized spacial score (nSPS) is 22.8. The Balaban J connectivity index is 1.88. The van der Waals surface area contributed by atoms with Crippen LogP contribution in [0, 0.1) is 5.92 Å². The molecular formula is C15H21ClN2O3. The highest BCUT2D eigenvalue weighted by Crippen LogP contribution is 2.24. The number of amides is 1. The predicted octanol–water partition coefficient (Wildman–Crippen LogP) is 1.19. The first-order valence-corrected chi connectivity index (χ1v) is 7.57. The minimum atomic E-state index is -0.587. The smallest absolute Gasteiger partial charge is 0.261 e. The van der Waals surface area contributed by atoms with Crippen LogP contribution in [0.2, 0.25) is 5.02 Å². The number of hydrogen-bond donors (Lipinski definition) is 3. The standard InChI is InChI=1S/C15H21ClN2O3/c1-2-13(21-14-6-4-3-5-11(14)16)15(20)18-8-10-7-17-9-12(10)19/h3-6,10,12-13,17,19H,2,7-9H2,1H3,(H,18,20). The molecule has 2 rings (SSSR count). The van der Waals surface area contributed by atoms with Gasteiger partial charge in [0.25, 0.3) is 5.91 Å². The van der Waals surface area contributed by atoms with Gasteiger partial charge in [0, 0.05) is 25.6 Å².